The zero-order chi connectivity index (χ0) is 19.1. The van der Waals surface area contributed by atoms with E-state index in [1.165, 1.54) is 10.5 Å². The van der Waals surface area contributed by atoms with Crippen LogP contribution in [0.25, 0.3) is 0 Å². The van der Waals surface area contributed by atoms with Crippen molar-refractivity contribution < 1.29 is 9.59 Å². The zero-order valence-electron chi connectivity index (χ0n) is 15.2. The summed E-state index contributed by atoms with van der Waals surface area (Å²) in [5.74, 6) is 0.397. The molecule has 0 bridgehead atoms. The number of guanidine groups is 1. The van der Waals surface area contributed by atoms with E-state index < -0.39 is 0 Å². The van der Waals surface area contributed by atoms with Gasteiger partial charge in [-0.05, 0) is 17.2 Å². The second-order valence-electron chi connectivity index (χ2n) is 6.03. The molecule has 2 aromatic rings. The van der Waals surface area contributed by atoms with Crippen molar-refractivity contribution in [1.82, 2.24) is 30.6 Å². The number of aliphatic imine (C=N–C) groups is 1. The minimum atomic E-state index is -0.350. The molecular weight excluding hydrogens is 346 g/mol. The molecule has 0 saturated carbocycles. The number of benzene rings is 1. The second kappa shape index (κ2) is 8.84. The van der Waals surface area contributed by atoms with Gasteiger partial charge < -0.3 is 16.0 Å². The fourth-order valence-electron chi connectivity index (χ4n) is 2.82. The highest BCUT2D eigenvalue weighted by molar-refractivity contribution is 6.01. The Bertz CT molecular complexity index is 801. The summed E-state index contributed by atoms with van der Waals surface area (Å²) >= 11 is 0. The van der Waals surface area contributed by atoms with E-state index in [4.69, 9.17) is 0 Å². The normalized spacial score (nSPS) is 14.4. The molecule has 142 valence electrons. The molecule has 1 aromatic heterocycles. The summed E-state index contributed by atoms with van der Waals surface area (Å²) < 4.78 is 1.88. The molecule has 1 aliphatic heterocycles. The van der Waals surface area contributed by atoms with Gasteiger partial charge in [-0.2, -0.15) is 5.10 Å². The molecule has 1 aromatic carbocycles. The van der Waals surface area contributed by atoms with Crippen LogP contribution >= 0.6 is 0 Å². The predicted molar refractivity (Wildman–Crippen MR) is 101 cm³/mol. The van der Waals surface area contributed by atoms with E-state index >= 15 is 0 Å². The first-order valence-electron chi connectivity index (χ1n) is 8.74. The number of rotatable bonds is 7. The molecule has 0 aliphatic carbocycles. The van der Waals surface area contributed by atoms with Gasteiger partial charge in [0.2, 0.25) is 5.91 Å². The van der Waals surface area contributed by atoms with E-state index in [9.17, 15) is 9.59 Å². The van der Waals surface area contributed by atoms with Gasteiger partial charge in [0.25, 0.3) is 0 Å². The molecule has 3 rings (SSSR count). The van der Waals surface area contributed by atoms with Crippen molar-refractivity contribution in [3.8, 4) is 0 Å². The fourth-order valence-corrected chi connectivity index (χ4v) is 2.82. The lowest BCUT2D eigenvalue weighted by Gasteiger charge is -2.16. The number of imide groups is 1. The summed E-state index contributed by atoms with van der Waals surface area (Å²) in [4.78, 5) is 28.5. The first-order chi connectivity index (χ1) is 13.2. The third kappa shape index (κ3) is 4.84. The van der Waals surface area contributed by atoms with Crippen LogP contribution in [0, 0.1) is 0 Å². The lowest BCUT2D eigenvalue weighted by molar-refractivity contribution is -0.124. The van der Waals surface area contributed by atoms with Gasteiger partial charge in [-0.25, -0.2) is 4.79 Å². The maximum absolute atomic E-state index is 11.6. The van der Waals surface area contributed by atoms with E-state index in [2.05, 4.69) is 38.2 Å². The van der Waals surface area contributed by atoms with Crippen LogP contribution in [-0.4, -0.2) is 59.3 Å². The quantitative estimate of drug-likeness (QED) is 0.366. The van der Waals surface area contributed by atoms with Crippen molar-refractivity contribution in [3.63, 3.8) is 0 Å². The van der Waals surface area contributed by atoms with Gasteiger partial charge in [0.1, 0.15) is 0 Å². The van der Waals surface area contributed by atoms with Crippen molar-refractivity contribution in [2.45, 2.75) is 13.1 Å². The van der Waals surface area contributed by atoms with Gasteiger partial charge >= 0.3 is 6.03 Å². The number of nitrogens with one attached hydrogen (secondary N) is 3. The Kier molecular flexibility index (Phi) is 6.03. The summed E-state index contributed by atoms with van der Waals surface area (Å²) in [6.07, 6.45) is 3.69. The summed E-state index contributed by atoms with van der Waals surface area (Å²) in [5, 5.41) is 13.1. The number of hydrogen-bond acceptors (Lipinski definition) is 4. The van der Waals surface area contributed by atoms with Crippen molar-refractivity contribution >= 4 is 17.9 Å². The Morgan fingerprint density at radius 2 is 2.04 bits per heavy atom. The topological polar surface area (TPSA) is 104 Å². The first kappa shape index (κ1) is 18.4. The molecule has 3 amide bonds. The third-order valence-electron chi connectivity index (χ3n) is 4.24. The minimum absolute atomic E-state index is 0.0683. The van der Waals surface area contributed by atoms with Crippen molar-refractivity contribution in [2.24, 2.45) is 4.99 Å². The number of aromatic nitrogens is 2. The lowest BCUT2D eigenvalue weighted by atomic mass is 10.1. The molecule has 9 nitrogen and oxygen atoms in total. The van der Waals surface area contributed by atoms with E-state index in [1.807, 2.05) is 29.1 Å². The molecule has 0 atom stereocenters. The Balaban J connectivity index is 1.51. The summed E-state index contributed by atoms with van der Waals surface area (Å²) in [5.41, 5.74) is 2.31. The number of amides is 3. The van der Waals surface area contributed by atoms with Crippen LogP contribution in [0.5, 0.6) is 0 Å². The van der Waals surface area contributed by atoms with Gasteiger partial charge in [-0.3, -0.25) is 19.4 Å². The number of urea groups is 1. The number of carbonyl (C=O) groups excluding carboxylic acids is 2. The van der Waals surface area contributed by atoms with Gasteiger partial charge in [0, 0.05) is 39.1 Å². The second-order valence-corrected chi connectivity index (χ2v) is 6.03. The SMILES string of the molecule is CN=C(NCCN1C(=O)CNC1=O)NCc1ccccc1Cn1cccn1. The average molecular weight is 369 g/mol. The molecule has 2 heterocycles. The van der Waals surface area contributed by atoms with Crippen molar-refractivity contribution in [3.05, 3.63) is 53.9 Å². The first-order valence-corrected chi connectivity index (χ1v) is 8.74. The number of carbonyl (C=O) groups is 2. The Hall–Kier alpha value is -3.36. The van der Waals surface area contributed by atoms with Crippen LogP contribution in [0.3, 0.4) is 0 Å². The highest BCUT2D eigenvalue weighted by atomic mass is 16.2. The molecule has 1 aliphatic rings. The number of nitrogens with zero attached hydrogens (tertiary/aromatic N) is 4. The van der Waals surface area contributed by atoms with E-state index in [0.717, 1.165) is 5.56 Å². The van der Waals surface area contributed by atoms with Gasteiger partial charge in [-0.15, -0.1) is 0 Å². The zero-order valence-corrected chi connectivity index (χ0v) is 15.2. The maximum atomic E-state index is 11.6. The molecule has 0 radical (unpaired) electrons. The van der Waals surface area contributed by atoms with E-state index in [-0.39, 0.29) is 18.5 Å². The highest BCUT2D eigenvalue weighted by Crippen LogP contribution is 2.10. The molecule has 27 heavy (non-hydrogen) atoms. The molecule has 3 N–H and O–H groups in total. The largest absolute Gasteiger partial charge is 0.355 e. The van der Waals surface area contributed by atoms with Crippen LogP contribution in [0.4, 0.5) is 4.79 Å². The van der Waals surface area contributed by atoms with Gasteiger partial charge in [0.05, 0.1) is 13.1 Å². The fraction of sp³-hybridized carbons (Fsp3) is 0.333. The van der Waals surface area contributed by atoms with Gasteiger partial charge in [-0.1, -0.05) is 24.3 Å². The Morgan fingerprint density at radius 1 is 1.22 bits per heavy atom. The molecule has 0 unspecified atom stereocenters. The van der Waals surface area contributed by atoms with Crippen molar-refractivity contribution in [2.75, 3.05) is 26.7 Å². The third-order valence-corrected chi connectivity index (χ3v) is 4.24. The Labute approximate surface area is 157 Å². The maximum Gasteiger partial charge on any atom is 0.324 e. The molecule has 9 heteroatoms. The van der Waals surface area contributed by atoms with Crippen LogP contribution in [0.15, 0.2) is 47.7 Å². The van der Waals surface area contributed by atoms with E-state index in [0.29, 0.717) is 32.1 Å². The molecular formula is C18H23N7O2. The minimum Gasteiger partial charge on any atom is -0.355 e. The smallest absolute Gasteiger partial charge is 0.324 e. The summed E-state index contributed by atoms with van der Waals surface area (Å²) in [6.45, 7) is 2.08. The summed E-state index contributed by atoms with van der Waals surface area (Å²) in [7, 11) is 1.68. The number of hydrogen-bond donors (Lipinski definition) is 3. The van der Waals surface area contributed by atoms with Crippen LogP contribution in [0.2, 0.25) is 0 Å². The van der Waals surface area contributed by atoms with Crippen LogP contribution < -0.4 is 16.0 Å². The van der Waals surface area contributed by atoms with Gasteiger partial charge in [0.15, 0.2) is 5.96 Å². The highest BCUT2D eigenvalue weighted by Gasteiger charge is 2.27. The predicted octanol–water partition coefficient (Wildman–Crippen LogP) is 0.148. The summed E-state index contributed by atoms with van der Waals surface area (Å²) in [6, 6.07) is 9.69. The van der Waals surface area contributed by atoms with Crippen LogP contribution in [-0.2, 0) is 17.9 Å². The lowest BCUT2D eigenvalue weighted by Crippen LogP contribution is -2.43. The van der Waals surface area contributed by atoms with E-state index in [1.54, 1.807) is 13.2 Å². The standard InChI is InChI=1S/C18H23N7O2/c1-19-17(20-8-10-25-16(26)12-22-18(25)27)21-11-14-5-2-3-6-15(14)13-24-9-4-7-23-24/h2-7,9H,8,10-13H2,1H3,(H,22,27)(H2,19,20,21). The molecule has 1 saturated heterocycles. The van der Waals surface area contributed by atoms with Crippen molar-refractivity contribution in [1.29, 1.82) is 0 Å². The molecule has 1 fully saturated rings. The van der Waals surface area contributed by atoms with Crippen LogP contribution in [0.1, 0.15) is 11.1 Å². The monoisotopic (exact) mass is 369 g/mol. The Morgan fingerprint density at radius 3 is 2.70 bits per heavy atom. The average Bonchev–Trinajstić information content (AvgIpc) is 3.30. The molecule has 0 spiro atoms.